The van der Waals surface area contributed by atoms with E-state index in [0.29, 0.717) is 29.9 Å². The van der Waals surface area contributed by atoms with E-state index in [-0.39, 0.29) is 23.1 Å². The quantitative estimate of drug-likeness (QED) is 0.359. The number of hydrogen-bond donors (Lipinski definition) is 5. The van der Waals surface area contributed by atoms with Crippen LogP contribution in [0.3, 0.4) is 0 Å². The van der Waals surface area contributed by atoms with E-state index < -0.39 is 36.3 Å². The molecule has 1 aromatic rings. The Morgan fingerprint density at radius 2 is 1.83 bits per heavy atom. The van der Waals surface area contributed by atoms with Gasteiger partial charge in [0.15, 0.2) is 5.84 Å². The molecule has 1 aromatic carbocycles. The molecule has 1 aliphatic heterocycles. The summed E-state index contributed by atoms with van der Waals surface area (Å²) in [5, 5.41) is 38.8. The van der Waals surface area contributed by atoms with Crippen molar-refractivity contribution in [1.82, 2.24) is 10.2 Å². The SMILES string of the molecule is CC(C)c1cc(C(=N)N(C(=N)C(=O)NCC(F)(F)F)C2CCSCC2)c(O)cc1O. The standard InChI is InChI=1S/C19H25F3N4O3S/c1-10(2)12-7-13(15(28)8-14(12)27)16(23)26(11-3-5-30-6-4-11)17(24)18(29)25-9-19(20,21)22/h7-8,10-11,23-24,27-28H,3-6,9H2,1-2H3,(H,25,29). The zero-order valence-electron chi connectivity index (χ0n) is 16.6. The molecule has 11 heteroatoms. The number of phenols is 2. The minimum absolute atomic E-state index is 0.0110. The van der Waals surface area contributed by atoms with Crippen LogP contribution in [-0.4, -0.2) is 63.0 Å². The van der Waals surface area contributed by atoms with E-state index in [1.165, 1.54) is 6.07 Å². The smallest absolute Gasteiger partial charge is 0.405 e. The summed E-state index contributed by atoms with van der Waals surface area (Å²) >= 11 is 1.67. The molecule has 1 saturated heterocycles. The zero-order chi connectivity index (χ0) is 22.6. The highest BCUT2D eigenvalue weighted by molar-refractivity contribution is 7.99. The fraction of sp³-hybridized carbons (Fsp3) is 0.526. The number of rotatable bonds is 4. The van der Waals surface area contributed by atoms with Gasteiger partial charge in [0.05, 0.1) is 5.56 Å². The number of thioether (sulfide) groups is 1. The fourth-order valence-electron chi connectivity index (χ4n) is 3.17. The first kappa shape index (κ1) is 23.8. The van der Waals surface area contributed by atoms with Crippen LogP contribution in [0.5, 0.6) is 11.5 Å². The van der Waals surface area contributed by atoms with Gasteiger partial charge in [-0.3, -0.25) is 15.6 Å². The van der Waals surface area contributed by atoms with Crippen LogP contribution >= 0.6 is 11.8 Å². The maximum absolute atomic E-state index is 12.5. The number of phenolic OH excluding ortho intramolecular Hbond substituents is 2. The van der Waals surface area contributed by atoms with E-state index in [9.17, 15) is 28.2 Å². The molecule has 1 heterocycles. The van der Waals surface area contributed by atoms with E-state index in [0.717, 1.165) is 11.0 Å². The Morgan fingerprint density at radius 3 is 2.37 bits per heavy atom. The Morgan fingerprint density at radius 1 is 1.23 bits per heavy atom. The fourth-order valence-corrected chi connectivity index (χ4v) is 4.25. The van der Waals surface area contributed by atoms with Crippen molar-refractivity contribution in [1.29, 1.82) is 10.8 Å². The molecule has 0 aliphatic carbocycles. The predicted molar refractivity (Wildman–Crippen MR) is 110 cm³/mol. The Labute approximate surface area is 176 Å². The maximum atomic E-state index is 12.5. The molecule has 1 amide bonds. The lowest BCUT2D eigenvalue weighted by Crippen LogP contribution is -2.52. The van der Waals surface area contributed by atoms with Crippen molar-refractivity contribution in [3.63, 3.8) is 0 Å². The highest BCUT2D eigenvalue weighted by Crippen LogP contribution is 2.34. The number of hydrogen-bond acceptors (Lipinski definition) is 6. The molecule has 7 nitrogen and oxygen atoms in total. The number of nitrogens with one attached hydrogen (secondary N) is 3. The molecule has 5 N–H and O–H groups in total. The van der Waals surface area contributed by atoms with Gasteiger partial charge in [0.25, 0.3) is 5.91 Å². The molecule has 166 valence electrons. The third-order valence-electron chi connectivity index (χ3n) is 4.72. The van der Waals surface area contributed by atoms with Gasteiger partial charge in [-0.15, -0.1) is 0 Å². The van der Waals surface area contributed by atoms with Crippen LogP contribution in [0, 0.1) is 10.8 Å². The number of halogens is 3. The van der Waals surface area contributed by atoms with E-state index in [1.807, 2.05) is 13.8 Å². The van der Waals surface area contributed by atoms with Crippen molar-refractivity contribution in [3.05, 3.63) is 23.3 Å². The Hall–Kier alpha value is -2.43. The lowest BCUT2D eigenvalue weighted by Gasteiger charge is -2.35. The van der Waals surface area contributed by atoms with Gasteiger partial charge in [0.2, 0.25) is 0 Å². The zero-order valence-corrected chi connectivity index (χ0v) is 17.5. The normalized spacial score (nSPS) is 15.1. The summed E-state index contributed by atoms with van der Waals surface area (Å²) in [6, 6.07) is 2.04. The first-order valence-corrected chi connectivity index (χ1v) is 10.5. The first-order valence-electron chi connectivity index (χ1n) is 9.37. The van der Waals surface area contributed by atoms with E-state index in [4.69, 9.17) is 10.8 Å². The van der Waals surface area contributed by atoms with Crippen LogP contribution in [0.2, 0.25) is 0 Å². The van der Waals surface area contributed by atoms with E-state index in [1.54, 1.807) is 17.1 Å². The molecular weight excluding hydrogens is 421 g/mol. The van der Waals surface area contributed by atoms with Crippen LogP contribution in [-0.2, 0) is 4.79 Å². The number of amides is 1. The second kappa shape index (κ2) is 9.59. The van der Waals surface area contributed by atoms with Gasteiger partial charge in [-0.25, -0.2) is 0 Å². The molecular formula is C19H25F3N4O3S. The molecule has 0 unspecified atom stereocenters. The number of benzene rings is 1. The minimum Gasteiger partial charge on any atom is -0.508 e. The van der Waals surface area contributed by atoms with Crippen LogP contribution < -0.4 is 5.32 Å². The predicted octanol–water partition coefficient (Wildman–Crippen LogP) is 3.40. The Bertz CT molecular complexity index is 824. The molecule has 0 aromatic heterocycles. The largest absolute Gasteiger partial charge is 0.508 e. The molecule has 1 aliphatic rings. The van der Waals surface area contributed by atoms with Crippen molar-refractivity contribution < 1.29 is 28.2 Å². The second-order valence-electron chi connectivity index (χ2n) is 7.29. The van der Waals surface area contributed by atoms with Crippen molar-refractivity contribution >= 4 is 29.3 Å². The lowest BCUT2D eigenvalue weighted by atomic mass is 9.97. The van der Waals surface area contributed by atoms with Gasteiger partial charge in [0, 0.05) is 12.1 Å². The molecule has 0 radical (unpaired) electrons. The Balaban J connectivity index is 2.40. The summed E-state index contributed by atoms with van der Waals surface area (Å²) in [7, 11) is 0. The van der Waals surface area contributed by atoms with Gasteiger partial charge in [-0.05, 0) is 41.9 Å². The van der Waals surface area contributed by atoms with Crippen LogP contribution in [0.4, 0.5) is 13.2 Å². The molecule has 0 bridgehead atoms. The van der Waals surface area contributed by atoms with Gasteiger partial charge >= 0.3 is 6.18 Å². The highest BCUT2D eigenvalue weighted by Gasteiger charge is 2.34. The number of nitrogens with zero attached hydrogens (tertiary/aromatic N) is 1. The summed E-state index contributed by atoms with van der Waals surface area (Å²) in [5.41, 5.74) is 0.447. The topological polar surface area (TPSA) is 121 Å². The highest BCUT2D eigenvalue weighted by atomic mass is 32.2. The van der Waals surface area contributed by atoms with Gasteiger partial charge in [-0.2, -0.15) is 24.9 Å². The third kappa shape index (κ3) is 5.80. The van der Waals surface area contributed by atoms with Gasteiger partial charge in [-0.1, -0.05) is 13.8 Å². The van der Waals surface area contributed by atoms with Crippen molar-refractivity contribution in [2.24, 2.45) is 0 Å². The summed E-state index contributed by atoms with van der Waals surface area (Å²) in [6.07, 6.45) is -3.58. The van der Waals surface area contributed by atoms with Crippen LogP contribution in [0.1, 0.15) is 43.7 Å². The monoisotopic (exact) mass is 446 g/mol. The maximum Gasteiger partial charge on any atom is 0.405 e. The third-order valence-corrected chi connectivity index (χ3v) is 5.77. The first-order chi connectivity index (χ1) is 13.9. The number of carbonyl (C=O) groups is 1. The molecule has 2 rings (SSSR count). The minimum atomic E-state index is -4.63. The van der Waals surface area contributed by atoms with Crippen molar-refractivity contribution in [3.8, 4) is 11.5 Å². The number of carbonyl (C=O) groups excluding carboxylic acids is 1. The molecule has 1 fully saturated rings. The van der Waals surface area contributed by atoms with Crippen LogP contribution in [0.15, 0.2) is 12.1 Å². The second-order valence-corrected chi connectivity index (χ2v) is 8.52. The van der Waals surface area contributed by atoms with E-state index in [2.05, 4.69) is 0 Å². The summed E-state index contributed by atoms with van der Waals surface area (Å²) in [4.78, 5) is 13.3. The van der Waals surface area contributed by atoms with Gasteiger partial charge < -0.3 is 20.4 Å². The summed E-state index contributed by atoms with van der Waals surface area (Å²) in [6.45, 7) is 2.03. The lowest BCUT2D eigenvalue weighted by molar-refractivity contribution is -0.135. The average Bonchev–Trinajstić information content (AvgIpc) is 2.66. The van der Waals surface area contributed by atoms with Crippen LogP contribution in [0.25, 0.3) is 0 Å². The van der Waals surface area contributed by atoms with Gasteiger partial charge in [0.1, 0.15) is 23.9 Å². The average molecular weight is 446 g/mol. The summed E-state index contributed by atoms with van der Waals surface area (Å²) in [5.74, 6) is -1.70. The number of amidine groups is 2. The van der Waals surface area contributed by atoms with Crippen molar-refractivity contribution in [2.75, 3.05) is 18.1 Å². The number of aromatic hydroxyl groups is 2. The summed E-state index contributed by atoms with van der Waals surface area (Å²) < 4.78 is 37.4. The number of alkyl halides is 3. The Kier molecular flexibility index (Phi) is 7.62. The molecule has 0 atom stereocenters. The van der Waals surface area contributed by atoms with E-state index >= 15 is 0 Å². The molecule has 30 heavy (non-hydrogen) atoms. The molecule has 0 spiro atoms. The molecule has 0 saturated carbocycles. The van der Waals surface area contributed by atoms with Crippen molar-refractivity contribution in [2.45, 2.75) is 44.8 Å².